The van der Waals surface area contributed by atoms with Crippen molar-refractivity contribution in [2.24, 2.45) is 5.92 Å². The second-order valence-corrected chi connectivity index (χ2v) is 7.44. The highest BCUT2D eigenvalue weighted by Crippen LogP contribution is 2.40. The third-order valence-electron chi connectivity index (χ3n) is 4.69. The van der Waals surface area contributed by atoms with Crippen molar-refractivity contribution < 1.29 is 28.9 Å². The minimum Gasteiger partial charge on any atom is -0.503 e. The summed E-state index contributed by atoms with van der Waals surface area (Å²) in [4.78, 5) is 24.9. The number of phenols is 1. The van der Waals surface area contributed by atoms with E-state index in [1.165, 1.54) is 7.11 Å². The lowest BCUT2D eigenvalue weighted by Gasteiger charge is -2.33. The van der Waals surface area contributed by atoms with Gasteiger partial charge in [0.05, 0.1) is 24.7 Å². The molecule has 1 aliphatic heterocycles. The zero-order valence-corrected chi connectivity index (χ0v) is 18.0. The van der Waals surface area contributed by atoms with Gasteiger partial charge >= 0.3 is 12.0 Å². The highest BCUT2D eigenvalue weighted by molar-refractivity contribution is 9.10. The molecule has 1 fully saturated rings. The molecule has 2 unspecified atom stereocenters. The minimum atomic E-state index is -0.887. The third kappa shape index (κ3) is 4.51. The predicted molar refractivity (Wildman–Crippen MR) is 112 cm³/mol. The van der Waals surface area contributed by atoms with E-state index in [4.69, 9.17) is 14.2 Å². The first-order valence-corrected chi connectivity index (χ1v) is 9.75. The van der Waals surface area contributed by atoms with Crippen LogP contribution in [0.4, 0.5) is 4.79 Å². The quantitative estimate of drug-likeness (QED) is 0.551. The van der Waals surface area contributed by atoms with Crippen LogP contribution in [-0.2, 0) is 16.1 Å². The van der Waals surface area contributed by atoms with E-state index in [1.54, 1.807) is 43.5 Å². The van der Waals surface area contributed by atoms with Crippen molar-refractivity contribution in [2.75, 3.05) is 14.2 Å². The number of carbonyl (C=O) groups excluding carboxylic acids is 2. The van der Waals surface area contributed by atoms with Crippen LogP contribution < -0.4 is 20.1 Å². The number of aromatic hydroxyl groups is 1. The van der Waals surface area contributed by atoms with Crippen molar-refractivity contribution in [3.8, 4) is 17.2 Å². The Morgan fingerprint density at radius 1 is 1.20 bits per heavy atom. The van der Waals surface area contributed by atoms with Gasteiger partial charge in [-0.2, -0.15) is 0 Å². The molecule has 1 aliphatic rings. The van der Waals surface area contributed by atoms with E-state index in [2.05, 4.69) is 33.1 Å². The van der Waals surface area contributed by atoms with Gasteiger partial charge in [-0.15, -0.1) is 0 Å². The van der Waals surface area contributed by atoms with Crippen molar-refractivity contribution in [3.63, 3.8) is 0 Å². The Kier molecular flexibility index (Phi) is 6.51. The molecule has 1 saturated heterocycles. The summed E-state index contributed by atoms with van der Waals surface area (Å²) in [6.07, 6.45) is 0. The number of ether oxygens (including phenoxy) is 3. The van der Waals surface area contributed by atoms with Crippen LogP contribution in [0.25, 0.3) is 0 Å². The first kappa shape index (κ1) is 21.5. The SMILES string of the molecule is C=C1NC(=O)NC(c2cc(Br)c(O)c(OC)c2)C1C(=O)OCc1ccc(OC)cc1. The molecule has 8 nitrogen and oxygen atoms in total. The van der Waals surface area contributed by atoms with Crippen molar-refractivity contribution in [2.45, 2.75) is 12.6 Å². The highest BCUT2D eigenvalue weighted by Gasteiger charge is 2.39. The number of hydrogen-bond donors (Lipinski definition) is 3. The fraction of sp³-hybridized carbons (Fsp3) is 0.238. The van der Waals surface area contributed by atoms with Gasteiger partial charge in [0.2, 0.25) is 0 Å². The molecule has 3 N–H and O–H groups in total. The third-order valence-corrected chi connectivity index (χ3v) is 5.30. The molecule has 1 heterocycles. The summed E-state index contributed by atoms with van der Waals surface area (Å²) in [6, 6.07) is 9.02. The Balaban J connectivity index is 1.84. The van der Waals surface area contributed by atoms with E-state index in [9.17, 15) is 14.7 Å². The molecule has 0 bridgehead atoms. The van der Waals surface area contributed by atoms with Crippen LogP contribution >= 0.6 is 15.9 Å². The van der Waals surface area contributed by atoms with Gasteiger partial charge in [-0.25, -0.2) is 4.79 Å². The number of phenolic OH excluding ortho intramolecular Hbond substituents is 1. The molecule has 0 spiro atoms. The number of urea groups is 1. The van der Waals surface area contributed by atoms with Crippen LogP contribution in [0.3, 0.4) is 0 Å². The first-order valence-electron chi connectivity index (χ1n) is 8.96. The Morgan fingerprint density at radius 3 is 2.53 bits per heavy atom. The van der Waals surface area contributed by atoms with Gasteiger partial charge < -0.3 is 30.0 Å². The largest absolute Gasteiger partial charge is 0.503 e. The summed E-state index contributed by atoms with van der Waals surface area (Å²) in [6.45, 7) is 3.87. The number of amides is 2. The molecular weight excluding hydrogens is 456 g/mol. The fourth-order valence-corrected chi connectivity index (χ4v) is 3.59. The molecule has 0 aromatic heterocycles. The zero-order chi connectivity index (χ0) is 21.8. The van der Waals surface area contributed by atoms with E-state index < -0.39 is 24.0 Å². The van der Waals surface area contributed by atoms with Crippen LogP contribution in [0.5, 0.6) is 17.2 Å². The van der Waals surface area contributed by atoms with Gasteiger partial charge in [0.15, 0.2) is 11.5 Å². The second kappa shape index (κ2) is 9.08. The number of carbonyl (C=O) groups is 2. The lowest BCUT2D eigenvalue weighted by atomic mass is 9.89. The molecule has 158 valence electrons. The lowest BCUT2D eigenvalue weighted by Crippen LogP contribution is -2.51. The number of benzene rings is 2. The fourth-order valence-electron chi connectivity index (χ4n) is 3.13. The van der Waals surface area contributed by atoms with Gasteiger partial charge in [-0.3, -0.25) is 4.79 Å². The summed E-state index contributed by atoms with van der Waals surface area (Å²) < 4.78 is 16.1. The maximum atomic E-state index is 12.9. The van der Waals surface area contributed by atoms with E-state index in [0.29, 0.717) is 15.8 Å². The number of nitrogens with one attached hydrogen (secondary N) is 2. The molecule has 2 amide bonds. The smallest absolute Gasteiger partial charge is 0.319 e. The maximum Gasteiger partial charge on any atom is 0.319 e. The zero-order valence-electron chi connectivity index (χ0n) is 16.4. The summed E-state index contributed by atoms with van der Waals surface area (Å²) in [5.74, 6) is -0.634. The van der Waals surface area contributed by atoms with Gasteiger partial charge in [0, 0.05) is 5.70 Å². The first-order chi connectivity index (χ1) is 14.3. The molecule has 2 atom stereocenters. The van der Waals surface area contributed by atoms with E-state index in [-0.39, 0.29) is 23.8 Å². The monoisotopic (exact) mass is 476 g/mol. The average Bonchev–Trinajstić information content (AvgIpc) is 2.73. The summed E-state index contributed by atoms with van der Waals surface area (Å²) in [5, 5.41) is 15.3. The molecule has 9 heteroatoms. The van der Waals surface area contributed by atoms with Crippen molar-refractivity contribution in [1.82, 2.24) is 10.6 Å². The second-order valence-electron chi connectivity index (χ2n) is 6.59. The molecule has 2 aromatic rings. The topological polar surface area (TPSA) is 106 Å². The number of methoxy groups -OCH3 is 2. The summed E-state index contributed by atoms with van der Waals surface area (Å²) >= 11 is 3.26. The molecule has 30 heavy (non-hydrogen) atoms. The van der Waals surface area contributed by atoms with Crippen LogP contribution in [0.1, 0.15) is 17.2 Å². The number of rotatable bonds is 6. The number of hydrogen-bond acceptors (Lipinski definition) is 6. The Morgan fingerprint density at radius 2 is 1.90 bits per heavy atom. The van der Waals surface area contributed by atoms with Crippen molar-refractivity contribution in [3.05, 3.63) is 64.3 Å². The van der Waals surface area contributed by atoms with E-state index in [1.807, 2.05) is 0 Å². The summed E-state index contributed by atoms with van der Waals surface area (Å²) in [5.41, 5.74) is 1.54. The lowest BCUT2D eigenvalue weighted by molar-refractivity contribution is -0.149. The van der Waals surface area contributed by atoms with Gasteiger partial charge in [0.25, 0.3) is 0 Å². The molecular formula is C21H21BrN2O6. The molecule has 0 aliphatic carbocycles. The number of esters is 1. The van der Waals surface area contributed by atoms with Gasteiger partial charge in [-0.1, -0.05) is 18.7 Å². The van der Waals surface area contributed by atoms with Gasteiger partial charge in [0.1, 0.15) is 18.3 Å². The van der Waals surface area contributed by atoms with Crippen LogP contribution in [0.15, 0.2) is 53.1 Å². The standard InChI is InChI=1S/C21H21BrN2O6/c1-11-17(20(26)30-10-12-4-6-14(28-2)7-5-12)18(24-21(27)23-11)13-8-15(22)19(25)16(9-13)29-3/h4-9,17-18,25H,1,10H2,2-3H3,(H2,23,24,27). The van der Waals surface area contributed by atoms with Gasteiger partial charge in [-0.05, 0) is 51.3 Å². The minimum absolute atomic E-state index is 0.0515. The molecule has 2 aromatic carbocycles. The Hall–Kier alpha value is -3.20. The maximum absolute atomic E-state index is 12.9. The van der Waals surface area contributed by atoms with Crippen molar-refractivity contribution in [1.29, 1.82) is 0 Å². The van der Waals surface area contributed by atoms with Crippen LogP contribution in [0.2, 0.25) is 0 Å². The van der Waals surface area contributed by atoms with Crippen LogP contribution in [0, 0.1) is 5.92 Å². The normalized spacial score (nSPS) is 18.2. The highest BCUT2D eigenvalue weighted by atomic mass is 79.9. The Bertz CT molecular complexity index is 976. The molecule has 0 radical (unpaired) electrons. The van der Waals surface area contributed by atoms with E-state index >= 15 is 0 Å². The predicted octanol–water partition coefficient (Wildman–Crippen LogP) is 3.40. The molecule has 3 rings (SSSR count). The van der Waals surface area contributed by atoms with Crippen LogP contribution in [-0.4, -0.2) is 31.3 Å². The van der Waals surface area contributed by atoms with Crippen molar-refractivity contribution >= 4 is 27.9 Å². The average molecular weight is 477 g/mol. The van der Waals surface area contributed by atoms with E-state index in [0.717, 1.165) is 5.56 Å². The Labute approximate surface area is 182 Å². The summed E-state index contributed by atoms with van der Waals surface area (Å²) in [7, 11) is 2.98. The number of halogens is 1. The molecule has 0 saturated carbocycles.